The molecule has 27 heavy (non-hydrogen) atoms. The number of rotatable bonds is 8. The monoisotopic (exact) mass is 440 g/mol. The first-order valence-corrected chi connectivity index (χ1v) is 10.5. The number of aliphatic imine (C=N–C) groups is 1. The zero-order chi connectivity index (χ0) is 19.6. The highest BCUT2D eigenvalue weighted by Crippen LogP contribution is 2.36. The predicted octanol–water partition coefficient (Wildman–Crippen LogP) is 3.40. The van der Waals surface area contributed by atoms with Crippen molar-refractivity contribution in [1.29, 1.82) is 0 Å². The maximum absolute atomic E-state index is 5.40. The third-order valence-electron chi connectivity index (χ3n) is 5.03. The molecule has 1 aliphatic rings. The molecule has 1 fully saturated rings. The number of benzene rings is 1. The van der Waals surface area contributed by atoms with Gasteiger partial charge in [-0.1, -0.05) is 6.42 Å². The minimum Gasteiger partial charge on any atom is -0.493 e. The molecule has 0 bridgehead atoms. The van der Waals surface area contributed by atoms with Gasteiger partial charge in [-0.3, -0.25) is 4.99 Å². The zero-order valence-corrected chi connectivity index (χ0v) is 18.6. The van der Waals surface area contributed by atoms with Crippen LogP contribution < -0.4 is 20.1 Å². The summed E-state index contributed by atoms with van der Waals surface area (Å²) in [6.07, 6.45) is 5.16. The third-order valence-corrected chi connectivity index (χ3v) is 5.62. The van der Waals surface area contributed by atoms with Crippen LogP contribution in [-0.2, 0) is 6.54 Å². The van der Waals surface area contributed by atoms with Crippen LogP contribution in [0, 0.1) is 0 Å². The summed E-state index contributed by atoms with van der Waals surface area (Å²) in [5.41, 5.74) is 1.09. The van der Waals surface area contributed by atoms with Crippen LogP contribution in [-0.4, -0.2) is 57.8 Å². The van der Waals surface area contributed by atoms with E-state index in [0.29, 0.717) is 18.0 Å². The number of hydrogen-bond acceptors (Lipinski definition) is 4. The number of methoxy groups -OCH3 is 2. The standard InChI is InChI=1S/C20H33BrN4O2/c1-15-8-5-6-10-25(15)11-7-9-23-20(22-2)24-14-16-12-17(21)19(27-4)18(13-16)26-3/h12-13,15H,5-11,14H2,1-4H3,(H2,22,23,24). The Hall–Kier alpha value is -1.47. The second-order valence-corrected chi connectivity index (χ2v) is 7.75. The Kier molecular flexibility index (Phi) is 9.21. The second-order valence-electron chi connectivity index (χ2n) is 6.90. The lowest BCUT2D eigenvalue weighted by Gasteiger charge is -2.33. The largest absolute Gasteiger partial charge is 0.493 e. The average molecular weight is 441 g/mol. The van der Waals surface area contributed by atoms with Gasteiger partial charge < -0.3 is 25.0 Å². The Morgan fingerprint density at radius 2 is 2.07 bits per heavy atom. The van der Waals surface area contributed by atoms with E-state index < -0.39 is 0 Å². The average Bonchev–Trinajstić information content (AvgIpc) is 2.68. The molecule has 6 nitrogen and oxygen atoms in total. The molecule has 0 spiro atoms. The summed E-state index contributed by atoms with van der Waals surface area (Å²) in [4.78, 5) is 6.91. The smallest absolute Gasteiger partial charge is 0.191 e. The van der Waals surface area contributed by atoms with Gasteiger partial charge in [0.15, 0.2) is 17.5 Å². The normalized spacial score (nSPS) is 18.3. The van der Waals surface area contributed by atoms with Crippen molar-refractivity contribution in [1.82, 2.24) is 15.5 Å². The Bertz CT molecular complexity index is 624. The van der Waals surface area contributed by atoms with Gasteiger partial charge in [0.2, 0.25) is 0 Å². The summed E-state index contributed by atoms with van der Waals surface area (Å²) in [6.45, 7) is 6.30. The minimum absolute atomic E-state index is 0.655. The van der Waals surface area contributed by atoms with E-state index in [-0.39, 0.29) is 0 Å². The number of hydrogen-bond donors (Lipinski definition) is 2. The molecule has 2 N–H and O–H groups in total. The predicted molar refractivity (Wildman–Crippen MR) is 115 cm³/mol. The second kappa shape index (κ2) is 11.4. The molecule has 0 aliphatic carbocycles. The van der Waals surface area contributed by atoms with Crippen molar-refractivity contribution in [2.45, 2.75) is 45.2 Å². The Balaban J connectivity index is 1.77. The van der Waals surface area contributed by atoms with Gasteiger partial charge in [-0.05, 0) is 66.4 Å². The molecule has 0 radical (unpaired) electrons. The molecule has 0 aromatic heterocycles. The molecule has 1 aromatic carbocycles. The van der Waals surface area contributed by atoms with E-state index in [1.165, 1.54) is 25.8 Å². The van der Waals surface area contributed by atoms with Crippen molar-refractivity contribution in [3.8, 4) is 11.5 Å². The number of halogens is 1. The van der Waals surface area contributed by atoms with Gasteiger partial charge in [0.25, 0.3) is 0 Å². The van der Waals surface area contributed by atoms with Crippen molar-refractivity contribution in [2.24, 2.45) is 4.99 Å². The zero-order valence-electron chi connectivity index (χ0n) is 17.0. The molecule has 2 rings (SSSR count). The summed E-state index contributed by atoms with van der Waals surface area (Å²) in [7, 11) is 5.08. The molecule has 1 heterocycles. The van der Waals surface area contributed by atoms with Crippen LogP contribution >= 0.6 is 15.9 Å². The number of piperidine rings is 1. The van der Waals surface area contributed by atoms with Crippen LogP contribution in [0.1, 0.15) is 38.2 Å². The van der Waals surface area contributed by atoms with Gasteiger partial charge in [0.05, 0.1) is 18.7 Å². The van der Waals surface area contributed by atoms with Crippen LogP contribution in [0.25, 0.3) is 0 Å². The lowest BCUT2D eigenvalue weighted by atomic mass is 10.0. The molecule has 0 saturated carbocycles. The molecule has 1 aliphatic heterocycles. The fourth-order valence-electron chi connectivity index (χ4n) is 3.46. The van der Waals surface area contributed by atoms with Gasteiger partial charge >= 0.3 is 0 Å². The van der Waals surface area contributed by atoms with Crippen molar-refractivity contribution in [3.63, 3.8) is 0 Å². The van der Waals surface area contributed by atoms with Crippen molar-refractivity contribution < 1.29 is 9.47 Å². The van der Waals surface area contributed by atoms with E-state index >= 15 is 0 Å². The van der Waals surface area contributed by atoms with Crippen LogP contribution in [0.4, 0.5) is 0 Å². The summed E-state index contributed by atoms with van der Waals surface area (Å²) in [5, 5.41) is 6.76. The summed E-state index contributed by atoms with van der Waals surface area (Å²) in [6, 6.07) is 4.72. The number of ether oxygens (including phenoxy) is 2. The maximum atomic E-state index is 5.40. The fraction of sp³-hybridized carbons (Fsp3) is 0.650. The first-order valence-electron chi connectivity index (χ1n) is 9.68. The lowest BCUT2D eigenvalue weighted by molar-refractivity contribution is 0.159. The topological polar surface area (TPSA) is 58.1 Å². The van der Waals surface area contributed by atoms with Crippen LogP contribution in [0.2, 0.25) is 0 Å². The summed E-state index contributed by atoms with van der Waals surface area (Å²) >= 11 is 3.53. The van der Waals surface area contributed by atoms with Crippen LogP contribution in [0.15, 0.2) is 21.6 Å². The highest BCUT2D eigenvalue weighted by Gasteiger charge is 2.17. The molecule has 1 saturated heterocycles. The quantitative estimate of drug-likeness (QED) is 0.368. The van der Waals surface area contributed by atoms with Crippen molar-refractivity contribution in [2.75, 3.05) is 40.9 Å². The fourth-order valence-corrected chi connectivity index (χ4v) is 4.11. The number of guanidine groups is 1. The Morgan fingerprint density at radius 1 is 1.26 bits per heavy atom. The number of nitrogens with one attached hydrogen (secondary N) is 2. The Morgan fingerprint density at radius 3 is 2.74 bits per heavy atom. The van der Waals surface area contributed by atoms with Crippen molar-refractivity contribution in [3.05, 3.63) is 22.2 Å². The molecular weight excluding hydrogens is 408 g/mol. The molecule has 1 aromatic rings. The molecule has 1 atom stereocenters. The van der Waals surface area contributed by atoms with Gasteiger partial charge in [-0.2, -0.15) is 0 Å². The summed E-state index contributed by atoms with van der Waals surface area (Å²) in [5.74, 6) is 2.23. The number of nitrogens with zero attached hydrogens (tertiary/aromatic N) is 2. The van der Waals surface area contributed by atoms with E-state index in [1.54, 1.807) is 21.3 Å². The first-order chi connectivity index (χ1) is 13.1. The van der Waals surface area contributed by atoms with Crippen molar-refractivity contribution >= 4 is 21.9 Å². The SMILES string of the molecule is CN=C(NCCCN1CCCCC1C)NCc1cc(Br)c(OC)c(OC)c1. The van der Waals surface area contributed by atoms with Gasteiger partial charge in [0, 0.05) is 32.7 Å². The number of likely N-dealkylation sites (tertiary alicyclic amines) is 1. The van der Waals surface area contributed by atoms with E-state index in [1.807, 2.05) is 12.1 Å². The van der Waals surface area contributed by atoms with Crippen LogP contribution in [0.3, 0.4) is 0 Å². The molecule has 7 heteroatoms. The molecular formula is C20H33BrN4O2. The van der Waals surface area contributed by atoms with Gasteiger partial charge in [-0.15, -0.1) is 0 Å². The van der Waals surface area contributed by atoms with E-state index in [4.69, 9.17) is 9.47 Å². The van der Waals surface area contributed by atoms with Gasteiger partial charge in [-0.25, -0.2) is 0 Å². The molecule has 0 amide bonds. The lowest BCUT2D eigenvalue weighted by Crippen LogP contribution is -2.41. The highest BCUT2D eigenvalue weighted by atomic mass is 79.9. The highest BCUT2D eigenvalue weighted by molar-refractivity contribution is 9.10. The van der Waals surface area contributed by atoms with Gasteiger partial charge in [0.1, 0.15) is 0 Å². The Labute approximate surface area is 171 Å². The summed E-state index contributed by atoms with van der Waals surface area (Å²) < 4.78 is 11.6. The third kappa shape index (κ3) is 6.57. The van der Waals surface area contributed by atoms with E-state index in [0.717, 1.165) is 41.5 Å². The maximum Gasteiger partial charge on any atom is 0.191 e. The van der Waals surface area contributed by atoms with E-state index in [2.05, 4.69) is 43.4 Å². The minimum atomic E-state index is 0.655. The van der Waals surface area contributed by atoms with Crippen LogP contribution in [0.5, 0.6) is 11.5 Å². The molecule has 152 valence electrons. The molecule has 1 unspecified atom stereocenters. The first kappa shape index (κ1) is 21.8. The van der Waals surface area contributed by atoms with E-state index in [9.17, 15) is 0 Å².